The largest absolute Gasteiger partial charge is 0.322 e. The molecule has 0 saturated carbocycles. The molecule has 2 aromatic carbocycles. The highest BCUT2D eigenvalue weighted by Crippen LogP contribution is 2.23. The lowest BCUT2D eigenvalue weighted by Crippen LogP contribution is -2.12. The molecule has 3 nitrogen and oxygen atoms in total. The fourth-order valence-electron chi connectivity index (χ4n) is 1.55. The third kappa shape index (κ3) is 3.51. The van der Waals surface area contributed by atoms with E-state index in [1.54, 1.807) is 24.3 Å². The van der Waals surface area contributed by atoms with Crippen LogP contribution < -0.4 is 5.32 Å². The first kappa shape index (κ1) is 15.3. The Morgan fingerprint density at radius 2 is 2.05 bits per heavy atom. The predicted octanol–water partition coefficient (Wildman–Crippen LogP) is 4.83. The number of benzene rings is 2. The summed E-state index contributed by atoms with van der Waals surface area (Å²) in [5.41, 5.74) is 1.46. The lowest BCUT2D eigenvalue weighted by atomic mass is 10.2. The van der Waals surface area contributed by atoms with E-state index in [2.05, 4.69) is 43.8 Å². The van der Waals surface area contributed by atoms with Crippen LogP contribution in [-0.2, 0) is 0 Å². The molecule has 0 aliphatic rings. The molecular weight excluding hydrogens is 454 g/mol. The quantitative estimate of drug-likeness (QED) is 0.652. The van der Waals surface area contributed by atoms with Crippen molar-refractivity contribution in [3.63, 3.8) is 0 Å². The number of amides is 1. The minimum absolute atomic E-state index is 0.240. The van der Waals surface area contributed by atoms with Gasteiger partial charge in [0.25, 0.3) is 5.91 Å². The molecule has 100 valence electrons. The molecule has 2 rings (SSSR count). The van der Waals surface area contributed by atoms with Crippen molar-refractivity contribution >= 4 is 61.7 Å². The van der Waals surface area contributed by atoms with Gasteiger partial charge in [-0.2, -0.15) is 5.26 Å². The molecule has 0 atom stereocenters. The van der Waals surface area contributed by atoms with Gasteiger partial charge in [-0.3, -0.25) is 4.79 Å². The van der Waals surface area contributed by atoms with E-state index in [-0.39, 0.29) is 5.91 Å². The molecule has 0 saturated heterocycles. The maximum atomic E-state index is 12.2. The van der Waals surface area contributed by atoms with E-state index in [9.17, 15) is 4.79 Å². The third-order valence-electron chi connectivity index (χ3n) is 2.52. The van der Waals surface area contributed by atoms with Crippen molar-refractivity contribution < 1.29 is 4.79 Å². The summed E-state index contributed by atoms with van der Waals surface area (Å²) in [6.07, 6.45) is 0. The molecule has 0 bridgehead atoms. The first-order chi connectivity index (χ1) is 9.51. The molecular formula is C14H7BrClIN2O. The van der Waals surface area contributed by atoms with Crippen molar-refractivity contribution in [3.8, 4) is 6.07 Å². The standard InChI is InChI=1S/C14H7BrClIN2O/c15-12-4-2-9(17)5-11(12)14(20)19-10-3-1-8(7-18)13(16)6-10/h1-6H,(H,19,20). The van der Waals surface area contributed by atoms with Gasteiger partial charge in [0, 0.05) is 13.7 Å². The van der Waals surface area contributed by atoms with E-state index in [1.165, 1.54) is 0 Å². The number of halogens is 3. The SMILES string of the molecule is N#Cc1ccc(NC(=O)c2cc(I)ccc2Br)cc1Cl. The smallest absolute Gasteiger partial charge is 0.256 e. The summed E-state index contributed by atoms with van der Waals surface area (Å²) in [4.78, 5) is 12.2. The van der Waals surface area contributed by atoms with Crippen molar-refractivity contribution in [1.29, 1.82) is 5.26 Å². The Labute approximate surface area is 143 Å². The average Bonchev–Trinajstić information content (AvgIpc) is 2.41. The molecule has 1 N–H and O–H groups in total. The summed E-state index contributed by atoms with van der Waals surface area (Å²) in [6.45, 7) is 0. The van der Waals surface area contributed by atoms with Crippen LogP contribution in [0.4, 0.5) is 5.69 Å². The van der Waals surface area contributed by atoms with Gasteiger partial charge in [0.05, 0.1) is 16.1 Å². The van der Waals surface area contributed by atoms with Crippen LogP contribution in [0.25, 0.3) is 0 Å². The first-order valence-electron chi connectivity index (χ1n) is 5.47. The number of carbonyl (C=O) groups is 1. The second kappa shape index (κ2) is 6.57. The third-order valence-corrected chi connectivity index (χ3v) is 4.20. The number of nitrogens with zero attached hydrogens (tertiary/aromatic N) is 1. The second-order valence-corrected chi connectivity index (χ2v) is 6.39. The topological polar surface area (TPSA) is 52.9 Å². The van der Waals surface area contributed by atoms with Crippen molar-refractivity contribution in [2.24, 2.45) is 0 Å². The van der Waals surface area contributed by atoms with Crippen molar-refractivity contribution in [1.82, 2.24) is 0 Å². The maximum absolute atomic E-state index is 12.2. The minimum atomic E-state index is -0.240. The van der Waals surface area contributed by atoms with Crippen LogP contribution in [0.2, 0.25) is 5.02 Å². The van der Waals surface area contributed by atoms with Crippen LogP contribution in [0, 0.1) is 14.9 Å². The van der Waals surface area contributed by atoms with Gasteiger partial charge in [-0.25, -0.2) is 0 Å². The molecule has 2 aromatic rings. The van der Waals surface area contributed by atoms with Crippen LogP contribution in [0.5, 0.6) is 0 Å². The molecule has 0 fully saturated rings. The van der Waals surface area contributed by atoms with Crippen molar-refractivity contribution in [2.75, 3.05) is 5.32 Å². The van der Waals surface area contributed by atoms with E-state index >= 15 is 0 Å². The Morgan fingerprint density at radius 1 is 1.30 bits per heavy atom. The fourth-order valence-corrected chi connectivity index (χ4v) is 2.69. The number of nitriles is 1. The van der Waals surface area contributed by atoms with E-state index in [4.69, 9.17) is 16.9 Å². The Hall–Kier alpha value is -1.10. The van der Waals surface area contributed by atoms with Gasteiger partial charge in [-0.05, 0) is 74.9 Å². The summed E-state index contributed by atoms with van der Waals surface area (Å²) < 4.78 is 1.68. The highest BCUT2D eigenvalue weighted by atomic mass is 127. The number of carbonyl (C=O) groups excluding carboxylic acids is 1. The van der Waals surface area contributed by atoms with Crippen LogP contribution in [0.15, 0.2) is 40.9 Å². The molecule has 0 aliphatic carbocycles. The van der Waals surface area contributed by atoms with Gasteiger partial charge < -0.3 is 5.32 Å². The Morgan fingerprint density at radius 3 is 2.70 bits per heavy atom. The van der Waals surface area contributed by atoms with Gasteiger partial charge in [-0.1, -0.05) is 11.6 Å². The molecule has 20 heavy (non-hydrogen) atoms. The van der Waals surface area contributed by atoms with Crippen LogP contribution >= 0.6 is 50.1 Å². The monoisotopic (exact) mass is 460 g/mol. The summed E-state index contributed by atoms with van der Waals surface area (Å²) in [5, 5.41) is 11.9. The van der Waals surface area contributed by atoms with Crippen LogP contribution in [-0.4, -0.2) is 5.91 Å². The summed E-state index contributed by atoms with van der Waals surface area (Å²) in [7, 11) is 0. The molecule has 0 aliphatic heterocycles. The van der Waals surface area contributed by atoms with Crippen LogP contribution in [0.3, 0.4) is 0 Å². The van der Waals surface area contributed by atoms with E-state index in [0.29, 0.717) is 21.8 Å². The number of hydrogen-bond acceptors (Lipinski definition) is 2. The van der Waals surface area contributed by atoms with Gasteiger partial charge in [0.15, 0.2) is 0 Å². The molecule has 1 amide bonds. The molecule has 0 spiro atoms. The Kier molecular flexibility index (Phi) is 5.02. The van der Waals surface area contributed by atoms with Gasteiger partial charge in [-0.15, -0.1) is 0 Å². The van der Waals surface area contributed by atoms with Crippen molar-refractivity contribution in [3.05, 3.63) is 60.6 Å². The highest BCUT2D eigenvalue weighted by molar-refractivity contribution is 14.1. The van der Waals surface area contributed by atoms with Crippen LogP contribution in [0.1, 0.15) is 15.9 Å². The Bertz CT molecular complexity index is 728. The Balaban J connectivity index is 2.26. The number of anilines is 1. The molecule has 0 radical (unpaired) electrons. The number of nitrogens with one attached hydrogen (secondary N) is 1. The second-order valence-electron chi connectivity index (χ2n) is 3.88. The zero-order chi connectivity index (χ0) is 14.7. The van der Waals surface area contributed by atoms with Gasteiger partial charge >= 0.3 is 0 Å². The fraction of sp³-hybridized carbons (Fsp3) is 0. The van der Waals surface area contributed by atoms with E-state index < -0.39 is 0 Å². The normalized spacial score (nSPS) is 9.90. The molecule has 0 heterocycles. The van der Waals surface area contributed by atoms with E-state index in [1.807, 2.05) is 18.2 Å². The lowest BCUT2D eigenvalue weighted by molar-refractivity contribution is 0.102. The summed E-state index contributed by atoms with van der Waals surface area (Å²) >= 11 is 11.4. The van der Waals surface area contributed by atoms with Crippen molar-refractivity contribution in [2.45, 2.75) is 0 Å². The average molecular weight is 461 g/mol. The summed E-state index contributed by atoms with van der Waals surface area (Å²) in [6, 6.07) is 12.2. The van der Waals surface area contributed by atoms with Gasteiger partial charge in [0.1, 0.15) is 6.07 Å². The summed E-state index contributed by atoms with van der Waals surface area (Å²) in [5.74, 6) is -0.240. The minimum Gasteiger partial charge on any atom is -0.322 e. The highest BCUT2D eigenvalue weighted by Gasteiger charge is 2.11. The molecule has 0 aromatic heterocycles. The number of rotatable bonds is 2. The zero-order valence-electron chi connectivity index (χ0n) is 9.95. The maximum Gasteiger partial charge on any atom is 0.256 e. The number of hydrogen-bond donors (Lipinski definition) is 1. The van der Waals surface area contributed by atoms with Gasteiger partial charge in [0.2, 0.25) is 0 Å². The predicted molar refractivity (Wildman–Crippen MR) is 91.0 cm³/mol. The lowest BCUT2D eigenvalue weighted by Gasteiger charge is -2.08. The molecule has 6 heteroatoms. The molecule has 0 unspecified atom stereocenters. The first-order valence-corrected chi connectivity index (χ1v) is 7.72. The van der Waals surface area contributed by atoms with E-state index in [0.717, 1.165) is 8.04 Å². The zero-order valence-corrected chi connectivity index (χ0v) is 14.5.